The summed E-state index contributed by atoms with van der Waals surface area (Å²) in [6.07, 6.45) is 2.12. The quantitative estimate of drug-likeness (QED) is 0.721. The zero-order valence-corrected chi connectivity index (χ0v) is 12.2. The molecule has 1 amide bonds. The van der Waals surface area contributed by atoms with E-state index in [4.69, 9.17) is 9.47 Å². The molecule has 1 heterocycles. The highest BCUT2D eigenvalue weighted by Crippen LogP contribution is 2.60. The monoisotopic (exact) mass is 269 g/mol. The first-order chi connectivity index (χ1) is 8.76. The number of esters is 1. The molecule has 1 saturated heterocycles. The number of rotatable bonds is 2. The van der Waals surface area contributed by atoms with Gasteiger partial charge in [0.1, 0.15) is 5.60 Å². The topological polar surface area (TPSA) is 55.8 Å². The van der Waals surface area contributed by atoms with Crippen LogP contribution in [0.5, 0.6) is 0 Å². The van der Waals surface area contributed by atoms with Crippen molar-refractivity contribution >= 4 is 12.1 Å². The van der Waals surface area contributed by atoms with E-state index in [0.717, 1.165) is 12.8 Å². The number of likely N-dealkylation sites (tertiary alicyclic amines) is 1. The van der Waals surface area contributed by atoms with Crippen molar-refractivity contribution in [1.82, 2.24) is 4.90 Å². The summed E-state index contributed by atoms with van der Waals surface area (Å²) in [5.74, 6) is 0.279. The van der Waals surface area contributed by atoms with Crippen LogP contribution in [-0.4, -0.2) is 42.8 Å². The van der Waals surface area contributed by atoms with E-state index in [-0.39, 0.29) is 17.5 Å². The lowest BCUT2D eigenvalue weighted by molar-refractivity contribution is -0.142. The van der Waals surface area contributed by atoms with Crippen molar-refractivity contribution in [2.75, 3.05) is 20.2 Å². The second-order valence-corrected chi connectivity index (χ2v) is 6.69. The van der Waals surface area contributed by atoms with E-state index in [1.807, 2.05) is 20.8 Å². The first-order valence-electron chi connectivity index (χ1n) is 6.80. The number of hydrogen-bond acceptors (Lipinski definition) is 4. The van der Waals surface area contributed by atoms with Crippen molar-refractivity contribution in [3.05, 3.63) is 0 Å². The van der Waals surface area contributed by atoms with Crippen LogP contribution in [0.25, 0.3) is 0 Å². The molecule has 2 atom stereocenters. The molecule has 5 nitrogen and oxygen atoms in total. The van der Waals surface area contributed by atoms with Crippen LogP contribution < -0.4 is 0 Å². The molecule has 2 rings (SSSR count). The van der Waals surface area contributed by atoms with Crippen LogP contribution in [0.4, 0.5) is 4.79 Å². The Labute approximate surface area is 114 Å². The number of ether oxygens (including phenoxy) is 2. The van der Waals surface area contributed by atoms with Crippen LogP contribution in [0.3, 0.4) is 0 Å². The van der Waals surface area contributed by atoms with Gasteiger partial charge < -0.3 is 14.4 Å². The third-order valence-electron chi connectivity index (χ3n) is 4.05. The molecule has 0 unspecified atom stereocenters. The highest BCUT2D eigenvalue weighted by molar-refractivity contribution is 5.71. The van der Waals surface area contributed by atoms with Crippen LogP contribution in [0.2, 0.25) is 0 Å². The summed E-state index contributed by atoms with van der Waals surface area (Å²) in [5.41, 5.74) is -0.368. The first kappa shape index (κ1) is 14.2. The normalized spacial score (nSPS) is 29.5. The Kier molecular flexibility index (Phi) is 3.49. The van der Waals surface area contributed by atoms with Crippen molar-refractivity contribution in [1.29, 1.82) is 0 Å². The Balaban J connectivity index is 1.86. The Morgan fingerprint density at radius 1 is 1.37 bits per heavy atom. The van der Waals surface area contributed by atoms with E-state index >= 15 is 0 Å². The zero-order chi connectivity index (χ0) is 14.3. The second-order valence-electron chi connectivity index (χ2n) is 6.69. The predicted molar refractivity (Wildman–Crippen MR) is 69.6 cm³/mol. The third-order valence-corrected chi connectivity index (χ3v) is 4.05. The molecule has 0 spiro atoms. The van der Waals surface area contributed by atoms with Gasteiger partial charge >= 0.3 is 12.1 Å². The number of fused-ring (bicyclic) bond motifs is 1. The SMILES string of the molecule is COC(=O)C[C@]12CCN(C(=O)OC(C)(C)C)C[C@H]1C2. The van der Waals surface area contributed by atoms with E-state index in [1.165, 1.54) is 7.11 Å². The average molecular weight is 269 g/mol. The lowest BCUT2D eigenvalue weighted by atomic mass is 9.92. The molecule has 19 heavy (non-hydrogen) atoms. The maximum Gasteiger partial charge on any atom is 0.410 e. The lowest BCUT2D eigenvalue weighted by Crippen LogP contribution is -2.42. The van der Waals surface area contributed by atoms with Gasteiger partial charge in [-0.05, 0) is 44.9 Å². The number of carbonyl (C=O) groups is 2. The average Bonchev–Trinajstić information content (AvgIpc) is 2.99. The fourth-order valence-electron chi connectivity index (χ4n) is 2.87. The smallest absolute Gasteiger partial charge is 0.410 e. The van der Waals surface area contributed by atoms with Crippen LogP contribution in [0, 0.1) is 11.3 Å². The van der Waals surface area contributed by atoms with Crippen LogP contribution in [0.1, 0.15) is 40.0 Å². The van der Waals surface area contributed by atoms with Gasteiger partial charge in [0.05, 0.1) is 13.5 Å². The maximum atomic E-state index is 12.0. The van der Waals surface area contributed by atoms with Crippen molar-refractivity contribution in [2.45, 2.75) is 45.6 Å². The van der Waals surface area contributed by atoms with Gasteiger partial charge in [-0.15, -0.1) is 0 Å². The molecule has 0 aromatic heterocycles. The number of amides is 1. The fourth-order valence-corrected chi connectivity index (χ4v) is 2.87. The third kappa shape index (κ3) is 3.19. The van der Waals surface area contributed by atoms with Crippen molar-refractivity contribution in [3.8, 4) is 0 Å². The molecule has 1 aliphatic carbocycles. The minimum Gasteiger partial charge on any atom is -0.469 e. The standard InChI is InChI=1S/C14H23NO4/c1-13(2,3)19-12(17)15-6-5-14(7-10(14)9-15)8-11(16)18-4/h10H,5-9H2,1-4H3/t10-,14-/m1/s1. The second kappa shape index (κ2) is 4.69. The van der Waals surface area contributed by atoms with Gasteiger partial charge in [-0.25, -0.2) is 4.79 Å². The summed E-state index contributed by atoms with van der Waals surface area (Å²) in [5, 5.41) is 0. The van der Waals surface area contributed by atoms with Gasteiger partial charge in [-0.2, -0.15) is 0 Å². The summed E-state index contributed by atoms with van der Waals surface area (Å²) in [7, 11) is 1.42. The lowest BCUT2D eigenvalue weighted by Gasteiger charge is -2.32. The highest BCUT2D eigenvalue weighted by atomic mass is 16.6. The Hall–Kier alpha value is -1.26. The van der Waals surface area contributed by atoms with Gasteiger partial charge in [-0.1, -0.05) is 0 Å². The number of nitrogens with zero attached hydrogens (tertiary/aromatic N) is 1. The number of piperidine rings is 1. The van der Waals surface area contributed by atoms with E-state index in [2.05, 4.69) is 0 Å². The number of carbonyl (C=O) groups excluding carboxylic acids is 2. The molecular formula is C14H23NO4. The van der Waals surface area contributed by atoms with Crippen molar-refractivity contribution in [2.24, 2.45) is 11.3 Å². The molecule has 0 aromatic carbocycles. The molecule has 108 valence electrons. The first-order valence-corrected chi connectivity index (χ1v) is 6.80. The molecule has 5 heteroatoms. The van der Waals surface area contributed by atoms with E-state index < -0.39 is 5.60 Å². The zero-order valence-electron chi connectivity index (χ0n) is 12.2. The number of hydrogen-bond donors (Lipinski definition) is 0. The summed E-state index contributed by atoms with van der Waals surface area (Å²) in [4.78, 5) is 25.1. The van der Waals surface area contributed by atoms with Crippen molar-refractivity contribution < 1.29 is 19.1 Å². The van der Waals surface area contributed by atoms with Gasteiger partial charge in [0.2, 0.25) is 0 Å². The fraction of sp³-hybridized carbons (Fsp3) is 0.857. The van der Waals surface area contributed by atoms with Gasteiger partial charge in [-0.3, -0.25) is 4.79 Å². The van der Waals surface area contributed by atoms with Crippen LogP contribution in [0.15, 0.2) is 0 Å². The molecule has 2 fully saturated rings. The number of methoxy groups -OCH3 is 1. The minimum atomic E-state index is -0.457. The van der Waals surface area contributed by atoms with Gasteiger partial charge in [0, 0.05) is 13.1 Å². The Bertz CT molecular complexity index is 387. The molecule has 0 aromatic rings. The molecule has 0 radical (unpaired) electrons. The maximum absolute atomic E-state index is 12.0. The van der Waals surface area contributed by atoms with Crippen LogP contribution >= 0.6 is 0 Å². The van der Waals surface area contributed by atoms with E-state index in [0.29, 0.717) is 25.4 Å². The van der Waals surface area contributed by atoms with Crippen molar-refractivity contribution in [3.63, 3.8) is 0 Å². The van der Waals surface area contributed by atoms with Gasteiger partial charge in [0.15, 0.2) is 0 Å². The Morgan fingerprint density at radius 2 is 2.05 bits per heavy atom. The van der Waals surface area contributed by atoms with E-state index in [9.17, 15) is 9.59 Å². The minimum absolute atomic E-state index is 0.0889. The summed E-state index contributed by atoms with van der Waals surface area (Å²) >= 11 is 0. The predicted octanol–water partition coefficient (Wildman–Crippen LogP) is 2.20. The molecule has 2 aliphatic rings. The van der Waals surface area contributed by atoms with Crippen LogP contribution in [-0.2, 0) is 14.3 Å². The molecule has 1 saturated carbocycles. The molecule has 0 bridgehead atoms. The highest BCUT2D eigenvalue weighted by Gasteiger charge is 2.58. The molecule has 0 N–H and O–H groups in total. The van der Waals surface area contributed by atoms with E-state index in [1.54, 1.807) is 4.90 Å². The Morgan fingerprint density at radius 3 is 2.58 bits per heavy atom. The molecular weight excluding hydrogens is 246 g/mol. The van der Waals surface area contributed by atoms with Gasteiger partial charge in [0.25, 0.3) is 0 Å². The summed E-state index contributed by atoms with van der Waals surface area (Å²) in [6, 6.07) is 0. The summed E-state index contributed by atoms with van der Waals surface area (Å²) < 4.78 is 10.1. The largest absolute Gasteiger partial charge is 0.469 e. The molecule has 1 aliphatic heterocycles. The summed E-state index contributed by atoms with van der Waals surface area (Å²) in [6.45, 7) is 6.98.